The van der Waals surface area contributed by atoms with Crippen LogP contribution in [0.2, 0.25) is 0 Å². The molecule has 0 amide bonds. The number of hydrogen-bond donors (Lipinski definition) is 0. The van der Waals surface area contributed by atoms with Crippen LogP contribution in [0, 0.1) is 0 Å². The maximum atomic E-state index is 13.8. The first-order chi connectivity index (χ1) is 18.0. The van der Waals surface area contributed by atoms with E-state index >= 15 is 0 Å². The molecule has 0 fully saturated rings. The van der Waals surface area contributed by atoms with E-state index < -0.39 is 11.7 Å². The largest absolute Gasteiger partial charge is 0.457 e. The zero-order valence-corrected chi connectivity index (χ0v) is 19.5. The first-order valence-electron chi connectivity index (χ1n) is 11.7. The maximum Gasteiger partial charge on any atom is 0.418 e. The van der Waals surface area contributed by atoms with Gasteiger partial charge in [0.2, 0.25) is 0 Å². The number of rotatable bonds is 5. The highest BCUT2D eigenvalue weighted by molar-refractivity contribution is 5.95. The standard InChI is InChI=1S/C30H20F3N3O/c31-30(32,33)26-10-4-9-25-28(26)35-36(19-20-6-2-1-3-7-20)29(25)21-11-13-23(14-12-21)37-24-15-16-27-22(18-24)8-5-17-34-27/h1-18H,19H2. The fourth-order valence-corrected chi connectivity index (χ4v) is 4.49. The van der Waals surface area contributed by atoms with Gasteiger partial charge in [-0.25, -0.2) is 0 Å². The van der Waals surface area contributed by atoms with Crippen LogP contribution >= 0.6 is 0 Å². The predicted molar refractivity (Wildman–Crippen MR) is 138 cm³/mol. The van der Waals surface area contributed by atoms with Crippen LogP contribution < -0.4 is 4.74 Å². The fraction of sp³-hybridized carbons (Fsp3) is 0.0667. The molecule has 0 bridgehead atoms. The van der Waals surface area contributed by atoms with Crippen molar-refractivity contribution in [2.45, 2.75) is 12.7 Å². The number of alkyl halides is 3. The second kappa shape index (κ2) is 9.09. The van der Waals surface area contributed by atoms with E-state index in [2.05, 4.69) is 10.1 Å². The first kappa shape index (κ1) is 22.8. The predicted octanol–water partition coefficient (Wildman–Crippen LogP) is 8.11. The van der Waals surface area contributed by atoms with Gasteiger partial charge in [0.1, 0.15) is 17.0 Å². The van der Waals surface area contributed by atoms with Gasteiger partial charge in [0.05, 0.1) is 23.3 Å². The first-order valence-corrected chi connectivity index (χ1v) is 11.7. The second-order valence-electron chi connectivity index (χ2n) is 8.68. The van der Waals surface area contributed by atoms with Gasteiger partial charge in [-0.1, -0.05) is 48.5 Å². The summed E-state index contributed by atoms with van der Waals surface area (Å²) >= 11 is 0. The number of hydrogen-bond acceptors (Lipinski definition) is 3. The molecule has 6 aromatic rings. The summed E-state index contributed by atoms with van der Waals surface area (Å²) in [6.45, 7) is 0.339. The minimum Gasteiger partial charge on any atom is -0.457 e. The summed E-state index contributed by atoms with van der Waals surface area (Å²) in [5, 5.41) is 5.84. The molecule has 0 spiro atoms. The Morgan fingerprint density at radius 3 is 2.32 bits per heavy atom. The molecule has 0 atom stereocenters. The lowest BCUT2D eigenvalue weighted by Crippen LogP contribution is -2.06. The lowest BCUT2D eigenvalue weighted by Gasteiger charge is -2.10. The molecule has 0 saturated heterocycles. The number of pyridine rings is 1. The van der Waals surface area contributed by atoms with Crippen molar-refractivity contribution in [1.29, 1.82) is 0 Å². The van der Waals surface area contributed by atoms with Crippen molar-refractivity contribution in [3.05, 3.63) is 120 Å². The average molecular weight is 496 g/mol. The molecule has 0 aliphatic carbocycles. The van der Waals surface area contributed by atoms with Crippen LogP contribution in [-0.2, 0) is 12.7 Å². The van der Waals surface area contributed by atoms with Gasteiger partial charge in [-0.15, -0.1) is 0 Å². The molecule has 0 saturated carbocycles. The molecule has 0 unspecified atom stereocenters. The van der Waals surface area contributed by atoms with Crippen molar-refractivity contribution in [3.8, 4) is 22.8 Å². The van der Waals surface area contributed by atoms with Gasteiger partial charge in [0.25, 0.3) is 0 Å². The van der Waals surface area contributed by atoms with Crippen LogP contribution in [-0.4, -0.2) is 14.8 Å². The second-order valence-corrected chi connectivity index (χ2v) is 8.68. The minimum absolute atomic E-state index is 0.0639. The van der Waals surface area contributed by atoms with Gasteiger partial charge < -0.3 is 4.74 Å². The van der Waals surface area contributed by atoms with Gasteiger partial charge in [-0.3, -0.25) is 9.67 Å². The van der Waals surface area contributed by atoms with Crippen molar-refractivity contribution in [2.24, 2.45) is 0 Å². The van der Waals surface area contributed by atoms with E-state index in [0.717, 1.165) is 28.1 Å². The van der Waals surface area contributed by atoms with Gasteiger partial charge in [0.15, 0.2) is 0 Å². The molecule has 0 aliphatic rings. The molecule has 0 N–H and O–H groups in total. The summed E-state index contributed by atoms with van der Waals surface area (Å²) in [7, 11) is 0. The molecule has 7 heteroatoms. The molecule has 2 heterocycles. The van der Waals surface area contributed by atoms with E-state index in [4.69, 9.17) is 4.74 Å². The van der Waals surface area contributed by atoms with Crippen molar-refractivity contribution in [1.82, 2.24) is 14.8 Å². The normalized spacial score (nSPS) is 11.8. The van der Waals surface area contributed by atoms with Crippen LogP contribution in [0.1, 0.15) is 11.1 Å². The summed E-state index contributed by atoms with van der Waals surface area (Å²) in [4.78, 5) is 4.32. The van der Waals surface area contributed by atoms with E-state index in [1.165, 1.54) is 6.07 Å². The molecular formula is C30H20F3N3O. The Balaban J connectivity index is 1.40. The van der Waals surface area contributed by atoms with Gasteiger partial charge in [0, 0.05) is 22.5 Å². The number of halogens is 3. The quantitative estimate of drug-likeness (QED) is 0.243. The van der Waals surface area contributed by atoms with E-state index in [1.807, 2.05) is 84.9 Å². The maximum absolute atomic E-state index is 13.8. The number of benzene rings is 4. The molecular weight excluding hydrogens is 475 g/mol. The Hall–Kier alpha value is -4.65. The van der Waals surface area contributed by atoms with Crippen LogP contribution in [0.25, 0.3) is 33.1 Å². The monoisotopic (exact) mass is 495 g/mol. The van der Waals surface area contributed by atoms with Gasteiger partial charge in [-0.2, -0.15) is 18.3 Å². The van der Waals surface area contributed by atoms with Gasteiger partial charge in [-0.05, 0) is 60.2 Å². The molecule has 0 radical (unpaired) electrons. The summed E-state index contributed by atoms with van der Waals surface area (Å²) in [6, 6.07) is 30.5. The van der Waals surface area contributed by atoms with Crippen molar-refractivity contribution >= 4 is 21.8 Å². The number of aromatic nitrogens is 3. The van der Waals surface area contributed by atoms with Crippen LogP contribution in [0.15, 0.2) is 109 Å². The molecule has 182 valence electrons. The third kappa shape index (κ3) is 4.51. The van der Waals surface area contributed by atoms with Crippen LogP contribution in [0.5, 0.6) is 11.5 Å². The van der Waals surface area contributed by atoms with Gasteiger partial charge >= 0.3 is 6.18 Å². The number of nitrogens with zero attached hydrogens (tertiary/aromatic N) is 3. The highest BCUT2D eigenvalue weighted by Crippen LogP contribution is 2.38. The van der Waals surface area contributed by atoms with E-state index in [0.29, 0.717) is 29.1 Å². The molecule has 37 heavy (non-hydrogen) atoms. The SMILES string of the molecule is FC(F)(F)c1cccc2c(-c3ccc(Oc4ccc5ncccc5c4)cc3)n(Cc3ccccc3)nc12. The molecule has 6 rings (SSSR count). The average Bonchev–Trinajstić information content (AvgIpc) is 3.27. The fourth-order valence-electron chi connectivity index (χ4n) is 4.49. The topological polar surface area (TPSA) is 39.9 Å². The Morgan fingerprint density at radius 2 is 1.54 bits per heavy atom. The summed E-state index contributed by atoms with van der Waals surface area (Å²) in [6.07, 6.45) is -2.76. The Bertz CT molecular complexity index is 1710. The number of ether oxygens (including phenoxy) is 1. The zero-order valence-electron chi connectivity index (χ0n) is 19.5. The van der Waals surface area contributed by atoms with Crippen molar-refractivity contribution in [3.63, 3.8) is 0 Å². The third-order valence-corrected chi connectivity index (χ3v) is 6.19. The summed E-state index contributed by atoms with van der Waals surface area (Å²) in [5.41, 5.74) is 2.37. The zero-order chi connectivity index (χ0) is 25.4. The van der Waals surface area contributed by atoms with Crippen LogP contribution in [0.4, 0.5) is 13.2 Å². The smallest absolute Gasteiger partial charge is 0.418 e. The lowest BCUT2D eigenvalue weighted by atomic mass is 10.0. The molecule has 2 aromatic heterocycles. The lowest BCUT2D eigenvalue weighted by molar-refractivity contribution is -0.136. The van der Waals surface area contributed by atoms with Crippen molar-refractivity contribution < 1.29 is 17.9 Å². The summed E-state index contributed by atoms with van der Waals surface area (Å²) in [5.74, 6) is 1.28. The highest BCUT2D eigenvalue weighted by Gasteiger charge is 2.34. The van der Waals surface area contributed by atoms with E-state index in [1.54, 1.807) is 16.9 Å². The van der Waals surface area contributed by atoms with Crippen LogP contribution in [0.3, 0.4) is 0 Å². The molecule has 0 aliphatic heterocycles. The number of fused-ring (bicyclic) bond motifs is 2. The Labute approximate surface area is 210 Å². The molecule has 4 nitrogen and oxygen atoms in total. The Kier molecular flexibility index (Phi) is 5.60. The third-order valence-electron chi connectivity index (χ3n) is 6.19. The Morgan fingerprint density at radius 1 is 0.757 bits per heavy atom. The van der Waals surface area contributed by atoms with E-state index in [9.17, 15) is 13.2 Å². The molecule has 4 aromatic carbocycles. The minimum atomic E-state index is -4.50. The van der Waals surface area contributed by atoms with E-state index in [-0.39, 0.29) is 5.52 Å². The van der Waals surface area contributed by atoms with Crippen molar-refractivity contribution in [2.75, 3.05) is 0 Å². The highest BCUT2D eigenvalue weighted by atomic mass is 19.4. The summed E-state index contributed by atoms with van der Waals surface area (Å²) < 4.78 is 49.0.